The predicted octanol–water partition coefficient (Wildman–Crippen LogP) is 3.88. The van der Waals surface area contributed by atoms with Crippen molar-refractivity contribution >= 4 is 29.3 Å². The predicted molar refractivity (Wildman–Crippen MR) is 101 cm³/mol. The standard InChI is InChI=1S/C18H21ClN4O3/c1-3-4-11-22-18(19)16(13(2)21-22)9-10-17(24)20-12-14-5-7-15(8-6-14)23(25)26/h5-10H,3-4,11-12H2,1-2H3,(H,20,24)/b10-9+. The van der Waals surface area contributed by atoms with Crippen LogP contribution >= 0.6 is 11.6 Å². The first-order chi connectivity index (χ1) is 12.4. The molecule has 0 aliphatic carbocycles. The van der Waals surface area contributed by atoms with Crippen LogP contribution in [-0.2, 0) is 17.9 Å². The van der Waals surface area contributed by atoms with Crippen molar-refractivity contribution in [3.8, 4) is 0 Å². The van der Waals surface area contributed by atoms with Crippen LogP contribution in [0.2, 0.25) is 5.15 Å². The number of nitrogens with one attached hydrogen (secondary N) is 1. The fourth-order valence-electron chi connectivity index (χ4n) is 2.36. The molecule has 0 atom stereocenters. The lowest BCUT2D eigenvalue weighted by Crippen LogP contribution is -2.20. The van der Waals surface area contributed by atoms with Crippen LogP contribution in [0.1, 0.15) is 36.6 Å². The normalized spacial score (nSPS) is 11.0. The summed E-state index contributed by atoms with van der Waals surface area (Å²) in [7, 11) is 0. The first-order valence-electron chi connectivity index (χ1n) is 8.34. The van der Waals surface area contributed by atoms with Crippen LogP contribution in [0, 0.1) is 17.0 Å². The Bertz CT molecular complexity index is 813. The van der Waals surface area contributed by atoms with Crippen molar-refractivity contribution in [3.05, 3.63) is 62.4 Å². The number of non-ortho nitro benzene ring substituents is 1. The number of unbranched alkanes of at least 4 members (excludes halogenated alkanes) is 1. The molecule has 0 bridgehead atoms. The second-order valence-corrected chi connectivity index (χ2v) is 6.20. The number of nitro benzene ring substituents is 1. The Morgan fingerprint density at radius 3 is 2.69 bits per heavy atom. The summed E-state index contributed by atoms with van der Waals surface area (Å²) in [5.41, 5.74) is 2.29. The van der Waals surface area contributed by atoms with Gasteiger partial charge < -0.3 is 5.32 Å². The van der Waals surface area contributed by atoms with Gasteiger partial charge in [0.25, 0.3) is 5.69 Å². The monoisotopic (exact) mass is 376 g/mol. The minimum Gasteiger partial charge on any atom is -0.348 e. The summed E-state index contributed by atoms with van der Waals surface area (Å²) in [6, 6.07) is 6.04. The SMILES string of the molecule is CCCCn1nc(C)c(/C=C/C(=O)NCc2ccc([N+](=O)[O-])cc2)c1Cl. The smallest absolute Gasteiger partial charge is 0.269 e. The molecular weight excluding hydrogens is 356 g/mol. The molecule has 8 heteroatoms. The van der Waals surface area contributed by atoms with E-state index in [0.29, 0.717) is 5.15 Å². The minimum absolute atomic E-state index is 0.0187. The highest BCUT2D eigenvalue weighted by Gasteiger charge is 2.11. The quantitative estimate of drug-likeness (QED) is 0.430. The molecule has 0 fully saturated rings. The summed E-state index contributed by atoms with van der Waals surface area (Å²) in [6.07, 6.45) is 5.09. The Labute approximate surface area is 156 Å². The Morgan fingerprint density at radius 1 is 1.38 bits per heavy atom. The fourth-order valence-corrected chi connectivity index (χ4v) is 2.68. The number of rotatable bonds is 8. The van der Waals surface area contributed by atoms with Gasteiger partial charge in [-0.2, -0.15) is 5.10 Å². The highest BCUT2D eigenvalue weighted by Crippen LogP contribution is 2.21. The van der Waals surface area contributed by atoms with E-state index in [2.05, 4.69) is 17.3 Å². The van der Waals surface area contributed by atoms with Crippen molar-refractivity contribution in [2.24, 2.45) is 0 Å². The van der Waals surface area contributed by atoms with Crippen LogP contribution in [0.3, 0.4) is 0 Å². The number of aromatic nitrogens is 2. The number of hydrogen-bond donors (Lipinski definition) is 1. The molecule has 1 amide bonds. The average molecular weight is 377 g/mol. The number of hydrogen-bond acceptors (Lipinski definition) is 4. The van der Waals surface area contributed by atoms with Gasteiger partial charge in [0, 0.05) is 36.9 Å². The van der Waals surface area contributed by atoms with Crippen LogP contribution in [0.4, 0.5) is 5.69 Å². The molecule has 1 N–H and O–H groups in total. The highest BCUT2D eigenvalue weighted by molar-refractivity contribution is 6.31. The summed E-state index contributed by atoms with van der Waals surface area (Å²) in [6.45, 7) is 4.98. The number of aryl methyl sites for hydroxylation is 2. The maximum Gasteiger partial charge on any atom is 0.269 e. The number of nitro groups is 1. The third-order valence-corrected chi connectivity index (χ3v) is 4.25. The molecule has 0 saturated carbocycles. The maximum atomic E-state index is 12.0. The van der Waals surface area contributed by atoms with E-state index >= 15 is 0 Å². The summed E-state index contributed by atoms with van der Waals surface area (Å²) in [5, 5.41) is 18.3. The number of carbonyl (C=O) groups excluding carboxylic acids is 1. The van der Waals surface area contributed by atoms with Crippen LogP contribution in [0.15, 0.2) is 30.3 Å². The largest absolute Gasteiger partial charge is 0.348 e. The van der Waals surface area contributed by atoms with Crippen molar-refractivity contribution in [3.63, 3.8) is 0 Å². The van der Waals surface area contributed by atoms with Crippen molar-refractivity contribution in [2.75, 3.05) is 0 Å². The first kappa shape index (κ1) is 19.7. The topological polar surface area (TPSA) is 90.1 Å². The first-order valence-corrected chi connectivity index (χ1v) is 8.72. The molecule has 1 heterocycles. The number of benzene rings is 1. The van der Waals surface area contributed by atoms with Gasteiger partial charge in [-0.3, -0.25) is 19.6 Å². The molecule has 0 aliphatic heterocycles. The van der Waals surface area contributed by atoms with E-state index in [4.69, 9.17) is 11.6 Å². The van der Waals surface area contributed by atoms with Crippen molar-refractivity contribution < 1.29 is 9.72 Å². The second kappa shape index (κ2) is 9.15. The van der Waals surface area contributed by atoms with Crippen molar-refractivity contribution in [2.45, 2.75) is 39.8 Å². The number of nitrogens with zero attached hydrogens (tertiary/aromatic N) is 3. The van der Waals surface area contributed by atoms with E-state index in [1.807, 2.05) is 6.92 Å². The summed E-state index contributed by atoms with van der Waals surface area (Å²) < 4.78 is 1.74. The molecule has 1 aromatic heterocycles. The molecule has 2 aromatic rings. The number of amides is 1. The van der Waals surface area contributed by atoms with Gasteiger partial charge in [0.2, 0.25) is 5.91 Å². The summed E-state index contributed by atoms with van der Waals surface area (Å²) in [4.78, 5) is 22.2. The lowest BCUT2D eigenvalue weighted by molar-refractivity contribution is -0.384. The van der Waals surface area contributed by atoms with Crippen molar-refractivity contribution in [1.82, 2.24) is 15.1 Å². The number of halogens is 1. The third kappa shape index (κ3) is 5.16. The molecule has 0 aliphatic rings. The van der Waals surface area contributed by atoms with E-state index in [1.165, 1.54) is 18.2 Å². The molecule has 7 nitrogen and oxygen atoms in total. The third-order valence-electron chi connectivity index (χ3n) is 3.85. The van der Waals surface area contributed by atoms with Gasteiger partial charge in [-0.25, -0.2) is 0 Å². The minimum atomic E-state index is -0.460. The zero-order chi connectivity index (χ0) is 19.1. The summed E-state index contributed by atoms with van der Waals surface area (Å²) >= 11 is 6.32. The molecule has 2 rings (SSSR count). The molecule has 26 heavy (non-hydrogen) atoms. The van der Waals surface area contributed by atoms with Crippen LogP contribution in [-0.4, -0.2) is 20.6 Å². The molecule has 0 radical (unpaired) electrons. The van der Waals surface area contributed by atoms with E-state index in [0.717, 1.165) is 36.2 Å². The van der Waals surface area contributed by atoms with Crippen LogP contribution in [0.25, 0.3) is 6.08 Å². The lowest BCUT2D eigenvalue weighted by atomic mass is 10.2. The molecule has 0 saturated heterocycles. The zero-order valence-corrected chi connectivity index (χ0v) is 15.5. The van der Waals surface area contributed by atoms with E-state index in [-0.39, 0.29) is 18.1 Å². The molecular formula is C18H21ClN4O3. The van der Waals surface area contributed by atoms with Crippen molar-refractivity contribution in [1.29, 1.82) is 0 Å². The van der Waals surface area contributed by atoms with Gasteiger partial charge in [-0.15, -0.1) is 0 Å². The molecule has 0 spiro atoms. The van der Waals surface area contributed by atoms with E-state index in [9.17, 15) is 14.9 Å². The Morgan fingerprint density at radius 2 is 2.08 bits per heavy atom. The maximum absolute atomic E-state index is 12.0. The van der Waals surface area contributed by atoms with Gasteiger partial charge in [-0.05, 0) is 25.0 Å². The number of carbonyl (C=O) groups is 1. The Hall–Kier alpha value is -2.67. The molecule has 0 unspecified atom stereocenters. The average Bonchev–Trinajstić information content (AvgIpc) is 2.90. The second-order valence-electron chi connectivity index (χ2n) is 5.84. The van der Waals surface area contributed by atoms with Crippen LogP contribution < -0.4 is 5.32 Å². The highest BCUT2D eigenvalue weighted by atomic mass is 35.5. The molecule has 138 valence electrons. The lowest BCUT2D eigenvalue weighted by Gasteiger charge is -2.02. The van der Waals surface area contributed by atoms with Gasteiger partial charge in [0.05, 0.1) is 10.6 Å². The van der Waals surface area contributed by atoms with Gasteiger partial charge in [0.1, 0.15) is 5.15 Å². The van der Waals surface area contributed by atoms with Gasteiger partial charge in [-0.1, -0.05) is 37.1 Å². The fraction of sp³-hybridized carbons (Fsp3) is 0.333. The Balaban J connectivity index is 1.95. The Kier molecular flexibility index (Phi) is 6.91. The van der Waals surface area contributed by atoms with Gasteiger partial charge >= 0.3 is 0 Å². The summed E-state index contributed by atoms with van der Waals surface area (Å²) in [5.74, 6) is -0.278. The van der Waals surface area contributed by atoms with E-state index in [1.54, 1.807) is 22.9 Å². The van der Waals surface area contributed by atoms with Gasteiger partial charge in [0.15, 0.2) is 0 Å². The molecule has 1 aromatic carbocycles. The zero-order valence-electron chi connectivity index (χ0n) is 14.7. The van der Waals surface area contributed by atoms with Crippen LogP contribution in [0.5, 0.6) is 0 Å². The van der Waals surface area contributed by atoms with E-state index < -0.39 is 4.92 Å².